The van der Waals surface area contributed by atoms with Crippen LogP contribution in [0.15, 0.2) is 54.6 Å². The maximum atomic E-state index is 5.38. The van der Waals surface area contributed by atoms with E-state index in [2.05, 4.69) is 58.9 Å². The summed E-state index contributed by atoms with van der Waals surface area (Å²) in [5.74, 6) is 0. The van der Waals surface area contributed by atoms with Crippen molar-refractivity contribution >= 4 is 28.7 Å². The summed E-state index contributed by atoms with van der Waals surface area (Å²) in [6.45, 7) is 8.94. The summed E-state index contributed by atoms with van der Waals surface area (Å²) in [5, 5.41) is 7.15. The van der Waals surface area contributed by atoms with E-state index < -0.39 is 0 Å². The Morgan fingerprint density at radius 3 is 2.36 bits per heavy atom. The SMILES string of the molecule is CC[NH+]1CCN(c2ccc(NC(=S)NCc3ccccc3)cc2)CC1. The summed E-state index contributed by atoms with van der Waals surface area (Å²) in [4.78, 5) is 4.17. The van der Waals surface area contributed by atoms with Crippen molar-refractivity contribution in [1.82, 2.24) is 5.32 Å². The summed E-state index contributed by atoms with van der Waals surface area (Å²) in [5.41, 5.74) is 3.53. The minimum atomic E-state index is 0.650. The minimum Gasteiger partial charge on any atom is -0.360 e. The molecular weight excluding hydrogens is 328 g/mol. The van der Waals surface area contributed by atoms with Gasteiger partial charge in [0.15, 0.2) is 5.11 Å². The molecule has 2 aromatic rings. The van der Waals surface area contributed by atoms with Crippen molar-refractivity contribution < 1.29 is 4.90 Å². The van der Waals surface area contributed by atoms with Gasteiger partial charge in [0.2, 0.25) is 0 Å². The highest BCUT2D eigenvalue weighted by Gasteiger charge is 2.18. The fourth-order valence-corrected chi connectivity index (χ4v) is 3.33. The van der Waals surface area contributed by atoms with Gasteiger partial charge in [0.25, 0.3) is 0 Å². The van der Waals surface area contributed by atoms with E-state index in [0.29, 0.717) is 5.11 Å². The monoisotopic (exact) mass is 355 g/mol. The zero-order valence-electron chi connectivity index (χ0n) is 14.8. The fourth-order valence-electron chi connectivity index (χ4n) is 3.14. The first-order valence-corrected chi connectivity index (χ1v) is 9.43. The van der Waals surface area contributed by atoms with E-state index in [0.717, 1.165) is 25.3 Å². The zero-order chi connectivity index (χ0) is 17.5. The first-order chi connectivity index (χ1) is 12.2. The number of nitrogens with one attached hydrogen (secondary N) is 3. The Hall–Kier alpha value is -2.11. The van der Waals surface area contributed by atoms with Crippen LogP contribution in [0.5, 0.6) is 0 Å². The summed E-state index contributed by atoms with van der Waals surface area (Å²) in [6, 6.07) is 18.8. The predicted octanol–water partition coefficient (Wildman–Crippen LogP) is 1.90. The fraction of sp³-hybridized carbons (Fsp3) is 0.350. The van der Waals surface area contributed by atoms with E-state index in [-0.39, 0.29) is 0 Å². The summed E-state index contributed by atoms with van der Waals surface area (Å²) in [6.07, 6.45) is 0. The molecule has 132 valence electrons. The Morgan fingerprint density at radius 1 is 1.04 bits per heavy atom. The topological polar surface area (TPSA) is 31.7 Å². The standard InChI is InChI=1S/C20H26N4S/c1-2-23-12-14-24(15-13-23)19-10-8-18(9-11-19)22-20(25)21-16-17-6-4-3-5-7-17/h3-11H,2,12-16H2,1H3,(H2,21,22,25)/p+1. The van der Waals surface area contributed by atoms with Gasteiger partial charge in [-0.2, -0.15) is 0 Å². The molecule has 0 unspecified atom stereocenters. The van der Waals surface area contributed by atoms with Crippen LogP contribution in [0.1, 0.15) is 12.5 Å². The van der Waals surface area contributed by atoms with Crippen molar-refractivity contribution in [3.8, 4) is 0 Å². The molecule has 25 heavy (non-hydrogen) atoms. The first-order valence-electron chi connectivity index (χ1n) is 9.02. The highest BCUT2D eigenvalue weighted by molar-refractivity contribution is 7.80. The van der Waals surface area contributed by atoms with Crippen LogP contribution in [-0.2, 0) is 6.54 Å². The summed E-state index contributed by atoms with van der Waals surface area (Å²) in [7, 11) is 0. The normalized spacial score (nSPS) is 15.0. The molecule has 1 saturated heterocycles. The summed E-state index contributed by atoms with van der Waals surface area (Å²) < 4.78 is 0. The van der Waals surface area contributed by atoms with Crippen LogP contribution in [0.25, 0.3) is 0 Å². The van der Waals surface area contributed by atoms with Crippen molar-refractivity contribution in [1.29, 1.82) is 0 Å². The van der Waals surface area contributed by atoms with Gasteiger partial charge in [0, 0.05) is 17.9 Å². The average molecular weight is 356 g/mol. The van der Waals surface area contributed by atoms with E-state index in [1.807, 2.05) is 18.2 Å². The van der Waals surface area contributed by atoms with Gasteiger partial charge in [-0.15, -0.1) is 0 Å². The van der Waals surface area contributed by atoms with Crippen LogP contribution >= 0.6 is 12.2 Å². The van der Waals surface area contributed by atoms with Crippen molar-refractivity contribution in [3.05, 3.63) is 60.2 Å². The zero-order valence-corrected chi connectivity index (χ0v) is 15.6. The van der Waals surface area contributed by atoms with E-state index in [9.17, 15) is 0 Å². The average Bonchev–Trinajstić information content (AvgIpc) is 2.68. The predicted molar refractivity (Wildman–Crippen MR) is 109 cm³/mol. The molecule has 1 fully saturated rings. The van der Waals surface area contributed by atoms with Gasteiger partial charge in [-0.3, -0.25) is 0 Å². The third kappa shape index (κ3) is 5.18. The molecular formula is C20H27N4S+. The van der Waals surface area contributed by atoms with Crippen LogP contribution in [0, 0.1) is 0 Å². The highest BCUT2D eigenvalue weighted by atomic mass is 32.1. The Kier molecular flexibility index (Phi) is 6.25. The van der Waals surface area contributed by atoms with Gasteiger partial charge < -0.3 is 20.4 Å². The van der Waals surface area contributed by atoms with E-state index in [1.54, 1.807) is 4.90 Å². The lowest BCUT2D eigenvalue weighted by molar-refractivity contribution is -0.898. The Labute approximate surface area is 155 Å². The lowest BCUT2D eigenvalue weighted by Gasteiger charge is -2.33. The number of rotatable bonds is 5. The Morgan fingerprint density at radius 2 is 1.72 bits per heavy atom. The first kappa shape index (κ1) is 17.7. The van der Waals surface area contributed by atoms with E-state index in [1.165, 1.54) is 30.9 Å². The molecule has 0 bridgehead atoms. The number of anilines is 2. The third-order valence-electron chi connectivity index (χ3n) is 4.76. The molecule has 3 rings (SSSR count). The smallest absolute Gasteiger partial charge is 0.171 e. The van der Waals surface area contributed by atoms with Gasteiger partial charge in [0.1, 0.15) is 0 Å². The minimum absolute atomic E-state index is 0.650. The molecule has 1 heterocycles. The van der Waals surface area contributed by atoms with Gasteiger partial charge >= 0.3 is 0 Å². The number of piperazine rings is 1. The second-order valence-electron chi connectivity index (χ2n) is 6.43. The molecule has 0 saturated carbocycles. The molecule has 0 spiro atoms. The molecule has 1 aliphatic rings. The van der Waals surface area contributed by atoms with Crippen LogP contribution < -0.4 is 20.4 Å². The Balaban J connectivity index is 1.48. The van der Waals surface area contributed by atoms with Gasteiger partial charge in [0.05, 0.1) is 32.7 Å². The lowest BCUT2D eigenvalue weighted by Crippen LogP contribution is -3.14. The number of quaternary nitrogens is 1. The van der Waals surface area contributed by atoms with Crippen LogP contribution in [-0.4, -0.2) is 37.8 Å². The van der Waals surface area contributed by atoms with E-state index in [4.69, 9.17) is 12.2 Å². The van der Waals surface area contributed by atoms with Crippen molar-refractivity contribution in [2.75, 3.05) is 42.9 Å². The number of nitrogens with zero attached hydrogens (tertiary/aromatic N) is 1. The molecule has 0 atom stereocenters. The summed E-state index contributed by atoms with van der Waals surface area (Å²) >= 11 is 5.38. The molecule has 2 aromatic carbocycles. The number of likely N-dealkylation sites (N-methyl/N-ethyl adjacent to an activating group) is 1. The maximum Gasteiger partial charge on any atom is 0.171 e. The number of thiocarbonyl (C=S) groups is 1. The van der Waals surface area contributed by atoms with Crippen molar-refractivity contribution in [3.63, 3.8) is 0 Å². The lowest BCUT2D eigenvalue weighted by atomic mass is 10.2. The maximum absolute atomic E-state index is 5.38. The quantitative estimate of drug-likeness (QED) is 0.715. The van der Waals surface area contributed by atoms with Gasteiger partial charge in [-0.25, -0.2) is 0 Å². The van der Waals surface area contributed by atoms with Crippen LogP contribution in [0.3, 0.4) is 0 Å². The Bertz CT molecular complexity index is 664. The van der Waals surface area contributed by atoms with Crippen LogP contribution in [0.4, 0.5) is 11.4 Å². The number of hydrogen-bond acceptors (Lipinski definition) is 2. The molecule has 1 aliphatic heterocycles. The number of hydrogen-bond donors (Lipinski definition) is 3. The van der Waals surface area contributed by atoms with Gasteiger partial charge in [-0.05, 0) is 49.0 Å². The molecule has 5 heteroatoms. The molecule has 0 aliphatic carbocycles. The molecule has 4 nitrogen and oxygen atoms in total. The molecule has 0 aromatic heterocycles. The highest BCUT2D eigenvalue weighted by Crippen LogP contribution is 2.18. The molecule has 0 radical (unpaired) electrons. The third-order valence-corrected chi connectivity index (χ3v) is 5.00. The molecule has 3 N–H and O–H groups in total. The van der Waals surface area contributed by atoms with Crippen molar-refractivity contribution in [2.45, 2.75) is 13.5 Å². The van der Waals surface area contributed by atoms with Crippen LogP contribution in [0.2, 0.25) is 0 Å². The number of benzene rings is 2. The van der Waals surface area contributed by atoms with Crippen molar-refractivity contribution in [2.24, 2.45) is 0 Å². The van der Waals surface area contributed by atoms with Gasteiger partial charge in [-0.1, -0.05) is 30.3 Å². The van der Waals surface area contributed by atoms with E-state index >= 15 is 0 Å². The second kappa shape index (κ2) is 8.83. The second-order valence-corrected chi connectivity index (χ2v) is 6.84. The molecule has 0 amide bonds. The largest absolute Gasteiger partial charge is 0.360 e.